The molecule has 0 amide bonds. The van der Waals surface area contributed by atoms with Gasteiger partial charge in [0.2, 0.25) is 0 Å². The third-order valence-electron chi connectivity index (χ3n) is 2.85. The molecule has 16 heavy (non-hydrogen) atoms. The van der Waals surface area contributed by atoms with Crippen LogP contribution in [0.15, 0.2) is 18.3 Å². The molecule has 1 aromatic heterocycles. The Balaban J connectivity index is 2.58. The van der Waals surface area contributed by atoms with Gasteiger partial charge in [-0.25, -0.2) is 4.39 Å². The lowest BCUT2D eigenvalue weighted by Crippen LogP contribution is -2.35. The van der Waals surface area contributed by atoms with Gasteiger partial charge in [-0.05, 0) is 31.9 Å². The molecule has 2 N–H and O–H groups in total. The Morgan fingerprint density at radius 1 is 1.38 bits per heavy atom. The van der Waals surface area contributed by atoms with Crippen LogP contribution in [-0.4, -0.2) is 22.7 Å². The second-order valence-electron chi connectivity index (χ2n) is 4.24. The number of hydrogen-bond acceptors (Lipinski definition) is 3. The summed E-state index contributed by atoms with van der Waals surface area (Å²) in [5, 5.41) is 12.3. The molecule has 0 saturated carbocycles. The summed E-state index contributed by atoms with van der Waals surface area (Å²) < 4.78 is 12.7. The highest BCUT2D eigenvalue weighted by atomic mass is 19.1. The zero-order valence-corrected chi connectivity index (χ0v) is 9.94. The van der Waals surface area contributed by atoms with Crippen molar-refractivity contribution in [3.05, 3.63) is 29.8 Å². The van der Waals surface area contributed by atoms with Crippen molar-refractivity contribution in [1.29, 1.82) is 0 Å². The zero-order chi connectivity index (χ0) is 12.1. The number of aromatic nitrogens is 1. The van der Waals surface area contributed by atoms with Crippen LogP contribution in [0.1, 0.15) is 32.5 Å². The van der Waals surface area contributed by atoms with Crippen LogP contribution in [0.3, 0.4) is 0 Å². The van der Waals surface area contributed by atoms with Gasteiger partial charge in [0.1, 0.15) is 5.82 Å². The van der Waals surface area contributed by atoms with E-state index in [2.05, 4.69) is 10.3 Å². The zero-order valence-electron chi connectivity index (χ0n) is 9.94. The van der Waals surface area contributed by atoms with Crippen molar-refractivity contribution in [2.45, 2.75) is 32.9 Å². The maximum absolute atomic E-state index is 12.7. The minimum absolute atomic E-state index is 0.0459. The Morgan fingerprint density at radius 3 is 2.56 bits per heavy atom. The van der Waals surface area contributed by atoms with Gasteiger partial charge in [0.15, 0.2) is 0 Å². The normalized spacial score (nSPS) is 16.8. The molecule has 3 unspecified atom stereocenters. The van der Waals surface area contributed by atoms with Crippen molar-refractivity contribution in [2.75, 3.05) is 6.61 Å². The van der Waals surface area contributed by atoms with E-state index in [1.54, 1.807) is 6.07 Å². The summed E-state index contributed by atoms with van der Waals surface area (Å²) >= 11 is 0. The number of nitrogens with zero attached hydrogens (tertiary/aromatic N) is 1. The van der Waals surface area contributed by atoms with Crippen molar-refractivity contribution >= 4 is 0 Å². The molecule has 3 nitrogen and oxygen atoms in total. The number of rotatable bonds is 5. The summed E-state index contributed by atoms with van der Waals surface area (Å²) in [6.45, 7) is 6.11. The van der Waals surface area contributed by atoms with E-state index in [0.717, 1.165) is 5.69 Å². The number of aliphatic hydroxyl groups is 1. The first-order chi connectivity index (χ1) is 7.54. The average Bonchev–Trinajstić information content (AvgIpc) is 2.28. The molecule has 0 radical (unpaired) electrons. The highest BCUT2D eigenvalue weighted by molar-refractivity contribution is 5.09. The van der Waals surface area contributed by atoms with Crippen LogP contribution in [0, 0.1) is 11.7 Å². The van der Waals surface area contributed by atoms with Gasteiger partial charge in [-0.15, -0.1) is 0 Å². The maximum Gasteiger partial charge on any atom is 0.141 e. The van der Waals surface area contributed by atoms with Crippen LogP contribution >= 0.6 is 0 Å². The molecule has 0 aliphatic carbocycles. The monoisotopic (exact) mass is 226 g/mol. The van der Waals surface area contributed by atoms with E-state index in [4.69, 9.17) is 5.11 Å². The number of halogens is 1. The van der Waals surface area contributed by atoms with Gasteiger partial charge >= 0.3 is 0 Å². The molecule has 0 fully saturated rings. The van der Waals surface area contributed by atoms with Crippen molar-refractivity contribution < 1.29 is 9.50 Å². The topological polar surface area (TPSA) is 45.1 Å². The molecule has 0 aromatic carbocycles. The van der Waals surface area contributed by atoms with Gasteiger partial charge in [-0.1, -0.05) is 6.92 Å². The van der Waals surface area contributed by atoms with E-state index in [-0.39, 0.29) is 30.4 Å². The minimum atomic E-state index is -0.326. The first kappa shape index (κ1) is 13.1. The quantitative estimate of drug-likeness (QED) is 0.806. The van der Waals surface area contributed by atoms with E-state index in [1.165, 1.54) is 12.3 Å². The SMILES string of the molecule is CC(NC(C)C(C)CO)c1ccc(F)cn1. The Hall–Kier alpha value is -1.00. The number of hydrogen-bond donors (Lipinski definition) is 2. The second kappa shape index (κ2) is 5.92. The van der Waals surface area contributed by atoms with Crippen molar-refractivity contribution in [3.8, 4) is 0 Å². The first-order valence-electron chi connectivity index (χ1n) is 5.53. The first-order valence-corrected chi connectivity index (χ1v) is 5.53. The summed E-state index contributed by atoms with van der Waals surface area (Å²) in [4.78, 5) is 4.02. The fraction of sp³-hybridized carbons (Fsp3) is 0.583. The van der Waals surface area contributed by atoms with Crippen LogP contribution < -0.4 is 5.32 Å². The lowest BCUT2D eigenvalue weighted by atomic mass is 10.0. The van der Waals surface area contributed by atoms with Crippen LogP contribution in [-0.2, 0) is 0 Å². The van der Waals surface area contributed by atoms with Crippen LogP contribution in [0.25, 0.3) is 0 Å². The highest BCUT2D eigenvalue weighted by Crippen LogP contribution is 2.12. The van der Waals surface area contributed by atoms with Gasteiger partial charge in [-0.3, -0.25) is 4.98 Å². The lowest BCUT2D eigenvalue weighted by molar-refractivity contribution is 0.202. The van der Waals surface area contributed by atoms with E-state index >= 15 is 0 Å². The molecule has 4 heteroatoms. The largest absolute Gasteiger partial charge is 0.396 e. The summed E-state index contributed by atoms with van der Waals surface area (Å²) in [7, 11) is 0. The van der Waals surface area contributed by atoms with Gasteiger partial charge in [-0.2, -0.15) is 0 Å². The van der Waals surface area contributed by atoms with E-state index in [1.807, 2.05) is 20.8 Å². The molecular weight excluding hydrogens is 207 g/mol. The summed E-state index contributed by atoms with van der Waals surface area (Å²) in [5.74, 6) is -0.143. The van der Waals surface area contributed by atoms with Crippen molar-refractivity contribution in [1.82, 2.24) is 10.3 Å². The van der Waals surface area contributed by atoms with Gasteiger partial charge in [0.05, 0.1) is 11.9 Å². The van der Waals surface area contributed by atoms with E-state index in [0.29, 0.717) is 0 Å². The molecule has 0 aliphatic rings. The fourth-order valence-electron chi connectivity index (χ4n) is 1.45. The Morgan fingerprint density at radius 2 is 2.06 bits per heavy atom. The molecule has 3 atom stereocenters. The maximum atomic E-state index is 12.7. The van der Waals surface area contributed by atoms with Gasteiger partial charge in [0.25, 0.3) is 0 Å². The second-order valence-corrected chi connectivity index (χ2v) is 4.24. The fourth-order valence-corrected chi connectivity index (χ4v) is 1.45. The average molecular weight is 226 g/mol. The molecule has 0 bridgehead atoms. The summed E-state index contributed by atoms with van der Waals surface area (Å²) in [6, 6.07) is 3.31. The third-order valence-corrected chi connectivity index (χ3v) is 2.85. The Labute approximate surface area is 95.7 Å². The molecule has 0 aliphatic heterocycles. The Bertz CT molecular complexity index is 315. The predicted octanol–water partition coefficient (Wildman–Crippen LogP) is 1.89. The minimum Gasteiger partial charge on any atom is -0.396 e. The van der Waals surface area contributed by atoms with Gasteiger partial charge in [0, 0.05) is 18.7 Å². The van der Waals surface area contributed by atoms with Crippen molar-refractivity contribution in [3.63, 3.8) is 0 Å². The molecule has 1 aromatic rings. The summed E-state index contributed by atoms with van der Waals surface area (Å²) in [6.07, 6.45) is 1.22. The van der Waals surface area contributed by atoms with Crippen LogP contribution in [0.4, 0.5) is 4.39 Å². The number of pyridine rings is 1. The highest BCUT2D eigenvalue weighted by Gasteiger charge is 2.15. The predicted molar refractivity (Wildman–Crippen MR) is 61.5 cm³/mol. The van der Waals surface area contributed by atoms with Gasteiger partial charge < -0.3 is 10.4 Å². The van der Waals surface area contributed by atoms with Crippen LogP contribution in [0.2, 0.25) is 0 Å². The lowest BCUT2D eigenvalue weighted by Gasteiger charge is -2.23. The Kier molecular flexibility index (Phi) is 4.83. The van der Waals surface area contributed by atoms with E-state index in [9.17, 15) is 4.39 Å². The van der Waals surface area contributed by atoms with Crippen LogP contribution in [0.5, 0.6) is 0 Å². The molecule has 0 saturated heterocycles. The molecule has 0 spiro atoms. The number of aliphatic hydroxyl groups excluding tert-OH is 1. The third kappa shape index (κ3) is 3.54. The molecular formula is C12H19FN2O. The standard InChI is InChI=1S/C12H19FN2O/c1-8(7-16)9(2)15-10(3)12-5-4-11(13)6-14-12/h4-6,8-10,15-16H,7H2,1-3H3. The summed E-state index contributed by atoms with van der Waals surface area (Å²) in [5.41, 5.74) is 0.804. The smallest absolute Gasteiger partial charge is 0.141 e. The number of nitrogens with one attached hydrogen (secondary N) is 1. The van der Waals surface area contributed by atoms with E-state index < -0.39 is 0 Å². The molecule has 90 valence electrons. The molecule has 1 rings (SSSR count). The molecule has 1 heterocycles. The van der Waals surface area contributed by atoms with Crippen molar-refractivity contribution in [2.24, 2.45) is 5.92 Å².